The van der Waals surface area contributed by atoms with E-state index in [4.69, 9.17) is 21.3 Å². The van der Waals surface area contributed by atoms with Crippen molar-refractivity contribution in [3.8, 4) is 5.75 Å². The maximum absolute atomic E-state index is 13.3. The minimum atomic E-state index is 0.00322. The molecule has 0 N–H and O–H groups in total. The van der Waals surface area contributed by atoms with Crippen LogP contribution >= 0.6 is 23.4 Å². The highest BCUT2D eigenvalue weighted by molar-refractivity contribution is 8.18. The van der Waals surface area contributed by atoms with Crippen molar-refractivity contribution in [1.29, 1.82) is 0 Å². The van der Waals surface area contributed by atoms with E-state index in [-0.39, 0.29) is 11.9 Å². The zero-order valence-electron chi connectivity index (χ0n) is 16.2. The Morgan fingerprint density at radius 2 is 2.07 bits per heavy atom. The Morgan fingerprint density at radius 1 is 1.24 bits per heavy atom. The van der Waals surface area contributed by atoms with E-state index in [1.54, 1.807) is 19.4 Å². The van der Waals surface area contributed by atoms with Gasteiger partial charge in [0.25, 0.3) is 5.91 Å². The molecule has 2 aliphatic rings. The molecule has 1 aliphatic heterocycles. The Morgan fingerprint density at radius 3 is 2.83 bits per heavy atom. The van der Waals surface area contributed by atoms with Gasteiger partial charge in [-0.25, -0.2) is 9.98 Å². The first-order chi connectivity index (χ1) is 14.2. The third-order valence-corrected chi connectivity index (χ3v) is 6.40. The number of aliphatic imine (C=N–C) groups is 1. The van der Waals surface area contributed by atoms with Gasteiger partial charge in [-0.05, 0) is 60.5 Å². The fraction of sp³-hybridized carbons (Fsp3) is 0.318. The normalized spacial score (nSPS) is 20.6. The molecule has 4 rings (SSSR count). The molecule has 1 aromatic carbocycles. The van der Waals surface area contributed by atoms with Crippen LogP contribution in [-0.2, 0) is 4.79 Å². The largest absolute Gasteiger partial charge is 0.497 e. The van der Waals surface area contributed by atoms with Crippen molar-refractivity contribution < 1.29 is 9.53 Å². The molecule has 0 radical (unpaired) electrons. The van der Waals surface area contributed by atoms with Gasteiger partial charge in [0.15, 0.2) is 10.3 Å². The van der Waals surface area contributed by atoms with Gasteiger partial charge >= 0.3 is 0 Å². The summed E-state index contributed by atoms with van der Waals surface area (Å²) in [5, 5.41) is 1.01. The highest BCUT2D eigenvalue weighted by atomic mass is 35.5. The summed E-state index contributed by atoms with van der Waals surface area (Å²) >= 11 is 7.61. The van der Waals surface area contributed by atoms with Crippen LogP contribution in [0.2, 0.25) is 5.15 Å². The molecule has 0 spiro atoms. The molecule has 29 heavy (non-hydrogen) atoms. The van der Waals surface area contributed by atoms with E-state index in [1.165, 1.54) is 18.2 Å². The minimum absolute atomic E-state index is 0.00322. The lowest BCUT2D eigenvalue weighted by Gasteiger charge is -2.30. The number of aromatic nitrogens is 1. The lowest BCUT2D eigenvalue weighted by atomic mass is 9.94. The van der Waals surface area contributed by atoms with E-state index in [2.05, 4.69) is 4.98 Å². The zero-order chi connectivity index (χ0) is 20.2. The third kappa shape index (κ3) is 4.49. The van der Waals surface area contributed by atoms with Gasteiger partial charge in [0.2, 0.25) is 0 Å². The molecular formula is C22H22ClN3O2S. The van der Waals surface area contributed by atoms with Crippen molar-refractivity contribution in [3.05, 3.63) is 58.2 Å². The summed E-state index contributed by atoms with van der Waals surface area (Å²) in [7, 11) is 1.63. The second-order valence-corrected chi connectivity index (χ2v) is 8.43. The third-order valence-electron chi connectivity index (χ3n) is 5.12. The topological polar surface area (TPSA) is 54.8 Å². The van der Waals surface area contributed by atoms with E-state index < -0.39 is 0 Å². The monoisotopic (exact) mass is 427 g/mol. The number of hydrogen-bond donors (Lipinski definition) is 0. The lowest BCUT2D eigenvalue weighted by molar-refractivity contribution is -0.124. The Bertz CT molecular complexity index is 970. The molecule has 1 amide bonds. The number of benzene rings is 1. The second-order valence-electron chi connectivity index (χ2n) is 7.06. The van der Waals surface area contributed by atoms with Crippen LogP contribution in [0.15, 0.2) is 52.5 Å². The summed E-state index contributed by atoms with van der Waals surface area (Å²) < 4.78 is 5.30. The van der Waals surface area contributed by atoms with Gasteiger partial charge in [0, 0.05) is 12.2 Å². The number of carbonyl (C=O) groups excluding carboxylic acids is 1. The number of thioether (sulfide) groups is 1. The Balaban J connectivity index is 1.71. The summed E-state index contributed by atoms with van der Waals surface area (Å²) in [5.74, 6) is 0.762. The summed E-state index contributed by atoms with van der Waals surface area (Å²) in [6.45, 7) is 0. The van der Waals surface area contributed by atoms with Crippen LogP contribution in [0, 0.1) is 0 Å². The highest BCUT2D eigenvalue weighted by Crippen LogP contribution is 2.39. The summed E-state index contributed by atoms with van der Waals surface area (Å²) in [4.78, 5) is 24.7. The first kappa shape index (κ1) is 20.0. The maximum atomic E-state index is 13.3. The predicted octanol–water partition coefficient (Wildman–Crippen LogP) is 5.68. The number of carbonyl (C=O) groups is 1. The van der Waals surface area contributed by atoms with Crippen molar-refractivity contribution in [2.24, 2.45) is 4.99 Å². The van der Waals surface area contributed by atoms with Crippen LogP contribution in [0.1, 0.15) is 37.7 Å². The van der Waals surface area contributed by atoms with Crippen LogP contribution in [0.25, 0.3) is 6.08 Å². The quantitative estimate of drug-likeness (QED) is 0.465. The average Bonchev–Trinajstić information content (AvgIpc) is 3.05. The molecule has 5 nitrogen and oxygen atoms in total. The smallest absolute Gasteiger partial charge is 0.267 e. The highest BCUT2D eigenvalue weighted by Gasteiger charge is 2.38. The number of methoxy groups -OCH3 is 1. The van der Waals surface area contributed by atoms with Crippen LogP contribution in [0.4, 0.5) is 5.69 Å². The van der Waals surface area contributed by atoms with Gasteiger partial charge in [-0.1, -0.05) is 43.0 Å². The number of nitrogens with zero attached hydrogens (tertiary/aromatic N) is 3. The number of rotatable bonds is 4. The van der Waals surface area contributed by atoms with Crippen molar-refractivity contribution in [1.82, 2.24) is 9.88 Å². The van der Waals surface area contributed by atoms with Crippen LogP contribution in [0.3, 0.4) is 0 Å². The molecule has 0 atom stereocenters. The van der Waals surface area contributed by atoms with Crippen molar-refractivity contribution in [3.63, 3.8) is 0 Å². The fourth-order valence-electron chi connectivity index (χ4n) is 3.67. The van der Waals surface area contributed by atoms with Gasteiger partial charge in [0.05, 0.1) is 12.0 Å². The van der Waals surface area contributed by atoms with Crippen molar-refractivity contribution in [2.45, 2.75) is 38.1 Å². The summed E-state index contributed by atoms with van der Waals surface area (Å²) in [6.07, 6.45) is 9.02. The number of amides is 1. The summed E-state index contributed by atoms with van der Waals surface area (Å²) in [5.41, 5.74) is 1.50. The van der Waals surface area contributed by atoms with Crippen LogP contribution in [-0.4, -0.2) is 34.1 Å². The average molecular weight is 428 g/mol. The zero-order valence-corrected chi connectivity index (χ0v) is 17.7. The molecule has 0 unspecified atom stereocenters. The first-order valence-corrected chi connectivity index (χ1v) is 10.9. The van der Waals surface area contributed by atoms with Crippen molar-refractivity contribution in [2.75, 3.05) is 7.11 Å². The van der Waals surface area contributed by atoms with Gasteiger partial charge in [0.1, 0.15) is 11.4 Å². The van der Waals surface area contributed by atoms with E-state index >= 15 is 0 Å². The van der Waals surface area contributed by atoms with Gasteiger partial charge in [-0.2, -0.15) is 0 Å². The van der Waals surface area contributed by atoms with E-state index in [1.807, 2.05) is 41.3 Å². The molecule has 1 aromatic heterocycles. The first-order valence-electron chi connectivity index (χ1n) is 9.72. The Hall–Kier alpha value is -2.31. The molecule has 2 aromatic rings. The molecule has 2 fully saturated rings. The van der Waals surface area contributed by atoms with Crippen LogP contribution in [0.5, 0.6) is 5.75 Å². The lowest BCUT2D eigenvalue weighted by Crippen LogP contribution is -2.40. The number of ether oxygens (including phenoxy) is 1. The Labute approximate surface area is 179 Å². The van der Waals surface area contributed by atoms with E-state index in [9.17, 15) is 4.79 Å². The van der Waals surface area contributed by atoms with E-state index in [0.29, 0.717) is 20.9 Å². The molecule has 1 saturated carbocycles. The summed E-state index contributed by atoms with van der Waals surface area (Å²) in [6, 6.07) is 11.5. The molecule has 1 saturated heterocycles. The molecule has 150 valence electrons. The number of amidine groups is 1. The predicted molar refractivity (Wildman–Crippen MR) is 119 cm³/mol. The standard InChI is InChI=1S/C22H22ClN3O2S/c1-28-17-10-5-7-15(13-17)14-19-21(27)26(16-8-3-2-4-9-16)22(29-19)25-18-11-6-12-24-20(18)23/h5-7,10-14,16H,2-4,8-9H2,1H3/b19-14-,25-22?. The maximum Gasteiger partial charge on any atom is 0.267 e. The number of pyridine rings is 1. The Kier molecular flexibility index (Phi) is 6.21. The number of halogens is 1. The molecule has 1 aliphatic carbocycles. The van der Waals surface area contributed by atoms with E-state index in [0.717, 1.165) is 37.0 Å². The van der Waals surface area contributed by atoms with Gasteiger partial charge in [-0.3, -0.25) is 9.69 Å². The van der Waals surface area contributed by atoms with Gasteiger partial charge in [-0.15, -0.1) is 0 Å². The molecular weight excluding hydrogens is 406 g/mol. The fourth-order valence-corrected chi connectivity index (χ4v) is 4.89. The second kappa shape index (κ2) is 9.01. The molecule has 7 heteroatoms. The minimum Gasteiger partial charge on any atom is -0.497 e. The van der Waals surface area contributed by atoms with Crippen molar-refractivity contribution >= 4 is 46.2 Å². The number of hydrogen-bond acceptors (Lipinski definition) is 5. The van der Waals surface area contributed by atoms with Crippen LogP contribution < -0.4 is 4.74 Å². The molecule has 2 heterocycles. The SMILES string of the molecule is COc1cccc(/C=C2\SC(=Nc3cccnc3Cl)N(C3CCCCC3)C2=O)c1. The molecule has 0 bridgehead atoms. The van der Waals surface area contributed by atoms with Gasteiger partial charge < -0.3 is 4.74 Å².